The molecule has 0 unspecified atom stereocenters. The van der Waals surface area contributed by atoms with Crippen LogP contribution in [0, 0.1) is 18.7 Å². The minimum Gasteiger partial charge on any atom is -0.480 e. The third-order valence-electron chi connectivity index (χ3n) is 4.13. The Bertz CT molecular complexity index is 773. The standard InChI is InChI=1S/C18H23FN4O3/c1-4-11(2)17(18(25)26)20-10-16(24)21-15-9-12(3)22-23(15)14-7-5-13(19)6-8-14/h5-9,11,17,20H,4,10H2,1-3H3,(H,21,24)(H,25,26)/t11-,17-/m0/s1. The van der Waals surface area contributed by atoms with E-state index in [1.807, 2.05) is 13.8 Å². The van der Waals surface area contributed by atoms with Crippen LogP contribution in [0.4, 0.5) is 10.2 Å². The Morgan fingerprint density at radius 2 is 1.96 bits per heavy atom. The van der Waals surface area contributed by atoms with Crippen molar-refractivity contribution >= 4 is 17.7 Å². The summed E-state index contributed by atoms with van der Waals surface area (Å²) in [4.78, 5) is 23.5. The monoisotopic (exact) mass is 362 g/mol. The Morgan fingerprint density at radius 3 is 2.54 bits per heavy atom. The van der Waals surface area contributed by atoms with Crippen LogP contribution in [-0.4, -0.2) is 39.4 Å². The van der Waals surface area contributed by atoms with E-state index in [4.69, 9.17) is 0 Å². The summed E-state index contributed by atoms with van der Waals surface area (Å²) in [5.41, 5.74) is 1.28. The molecular weight excluding hydrogens is 339 g/mol. The van der Waals surface area contributed by atoms with Crippen molar-refractivity contribution in [2.24, 2.45) is 5.92 Å². The molecule has 0 saturated heterocycles. The minimum absolute atomic E-state index is 0.104. The number of aliphatic carboxylic acids is 1. The SMILES string of the molecule is CC[C@H](C)[C@H](NCC(=O)Nc1cc(C)nn1-c1ccc(F)cc1)C(=O)O. The second-order valence-electron chi connectivity index (χ2n) is 6.19. The van der Waals surface area contributed by atoms with Crippen LogP contribution >= 0.6 is 0 Å². The Balaban J connectivity index is 2.07. The number of nitrogens with one attached hydrogen (secondary N) is 2. The summed E-state index contributed by atoms with van der Waals surface area (Å²) in [6.07, 6.45) is 0.683. The lowest BCUT2D eigenvalue weighted by molar-refractivity contribution is -0.140. The number of carboxylic acid groups (broad SMARTS) is 1. The van der Waals surface area contributed by atoms with Crippen molar-refractivity contribution in [2.75, 3.05) is 11.9 Å². The van der Waals surface area contributed by atoms with Gasteiger partial charge < -0.3 is 10.4 Å². The summed E-state index contributed by atoms with van der Waals surface area (Å²) in [5, 5.41) is 19.0. The van der Waals surface area contributed by atoms with E-state index >= 15 is 0 Å². The lowest BCUT2D eigenvalue weighted by Gasteiger charge is -2.19. The van der Waals surface area contributed by atoms with Crippen molar-refractivity contribution in [2.45, 2.75) is 33.2 Å². The first kappa shape index (κ1) is 19.6. The summed E-state index contributed by atoms with van der Waals surface area (Å²) in [6.45, 7) is 5.34. The predicted molar refractivity (Wildman–Crippen MR) is 95.8 cm³/mol. The maximum Gasteiger partial charge on any atom is 0.320 e. The second-order valence-corrected chi connectivity index (χ2v) is 6.19. The molecule has 1 heterocycles. The van der Waals surface area contributed by atoms with E-state index in [1.165, 1.54) is 16.8 Å². The molecule has 0 saturated carbocycles. The van der Waals surface area contributed by atoms with Crippen molar-refractivity contribution in [3.63, 3.8) is 0 Å². The van der Waals surface area contributed by atoms with Gasteiger partial charge in [0, 0.05) is 6.07 Å². The normalized spacial score (nSPS) is 13.2. The number of carbonyl (C=O) groups excluding carboxylic acids is 1. The minimum atomic E-state index is -0.987. The Kier molecular flexibility index (Phi) is 6.46. The number of benzene rings is 1. The van der Waals surface area contributed by atoms with Crippen LogP contribution in [0.1, 0.15) is 26.0 Å². The Hall–Kier alpha value is -2.74. The van der Waals surface area contributed by atoms with Gasteiger partial charge in [-0.2, -0.15) is 5.10 Å². The van der Waals surface area contributed by atoms with Crippen molar-refractivity contribution in [1.29, 1.82) is 0 Å². The molecule has 3 N–H and O–H groups in total. The Morgan fingerprint density at radius 1 is 1.31 bits per heavy atom. The molecule has 1 amide bonds. The first-order valence-corrected chi connectivity index (χ1v) is 8.40. The van der Waals surface area contributed by atoms with Gasteiger partial charge in [0.25, 0.3) is 0 Å². The van der Waals surface area contributed by atoms with E-state index in [9.17, 15) is 19.1 Å². The highest BCUT2D eigenvalue weighted by Crippen LogP contribution is 2.17. The van der Waals surface area contributed by atoms with Crippen LogP contribution in [-0.2, 0) is 9.59 Å². The summed E-state index contributed by atoms with van der Waals surface area (Å²) in [6, 6.07) is 6.61. The van der Waals surface area contributed by atoms with Gasteiger partial charge in [-0.15, -0.1) is 0 Å². The quantitative estimate of drug-likeness (QED) is 0.670. The molecule has 140 valence electrons. The van der Waals surface area contributed by atoms with Crippen LogP contribution in [0.5, 0.6) is 0 Å². The predicted octanol–water partition coefficient (Wildman–Crippen LogP) is 2.35. The molecule has 0 aliphatic carbocycles. The van der Waals surface area contributed by atoms with Gasteiger partial charge in [0.1, 0.15) is 17.7 Å². The van der Waals surface area contributed by atoms with Crippen molar-refractivity contribution < 1.29 is 19.1 Å². The molecule has 2 aromatic rings. The molecular formula is C18H23FN4O3. The zero-order valence-corrected chi connectivity index (χ0v) is 15.0. The van der Waals surface area contributed by atoms with Crippen molar-refractivity contribution in [3.05, 3.63) is 41.8 Å². The first-order chi connectivity index (χ1) is 12.3. The molecule has 7 nitrogen and oxygen atoms in total. The fraction of sp³-hybridized carbons (Fsp3) is 0.389. The number of nitrogens with zero attached hydrogens (tertiary/aromatic N) is 2. The summed E-state index contributed by atoms with van der Waals surface area (Å²) < 4.78 is 14.6. The molecule has 0 bridgehead atoms. The van der Waals surface area contributed by atoms with E-state index < -0.39 is 12.0 Å². The van der Waals surface area contributed by atoms with Crippen LogP contribution < -0.4 is 10.6 Å². The average Bonchev–Trinajstić information content (AvgIpc) is 2.95. The highest BCUT2D eigenvalue weighted by molar-refractivity contribution is 5.92. The van der Waals surface area contributed by atoms with Gasteiger partial charge in [0.05, 0.1) is 17.9 Å². The second kappa shape index (κ2) is 8.57. The van der Waals surface area contributed by atoms with Gasteiger partial charge in [-0.1, -0.05) is 20.3 Å². The number of amides is 1. The fourth-order valence-corrected chi connectivity index (χ4v) is 2.52. The van der Waals surface area contributed by atoms with Gasteiger partial charge in [-0.3, -0.25) is 14.9 Å². The highest BCUT2D eigenvalue weighted by Gasteiger charge is 2.23. The third kappa shape index (κ3) is 4.89. The number of carboxylic acids is 1. The van der Waals surface area contributed by atoms with E-state index in [0.717, 1.165) is 0 Å². The lowest BCUT2D eigenvalue weighted by Crippen LogP contribution is -2.45. The smallest absolute Gasteiger partial charge is 0.320 e. The van der Waals surface area contributed by atoms with Gasteiger partial charge in [-0.05, 0) is 37.1 Å². The molecule has 26 heavy (non-hydrogen) atoms. The molecule has 8 heteroatoms. The number of halogens is 1. The van der Waals surface area contributed by atoms with Crippen LogP contribution in [0.25, 0.3) is 5.69 Å². The molecule has 1 aromatic heterocycles. The maximum atomic E-state index is 13.1. The van der Waals surface area contributed by atoms with E-state index in [1.54, 1.807) is 25.1 Å². The van der Waals surface area contributed by atoms with Gasteiger partial charge >= 0.3 is 5.97 Å². The zero-order chi connectivity index (χ0) is 19.3. The molecule has 2 atom stereocenters. The fourth-order valence-electron chi connectivity index (χ4n) is 2.52. The molecule has 0 aliphatic heterocycles. The number of aryl methyl sites for hydroxylation is 1. The van der Waals surface area contributed by atoms with Crippen molar-refractivity contribution in [1.82, 2.24) is 15.1 Å². The number of carbonyl (C=O) groups is 2. The van der Waals surface area contributed by atoms with Gasteiger partial charge in [0.15, 0.2) is 0 Å². The Labute approximate surface area is 151 Å². The average molecular weight is 362 g/mol. The summed E-state index contributed by atoms with van der Waals surface area (Å²) in [7, 11) is 0. The van der Waals surface area contributed by atoms with Crippen LogP contribution in [0.15, 0.2) is 30.3 Å². The van der Waals surface area contributed by atoms with E-state index in [-0.39, 0.29) is 24.2 Å². The molecule has 0 radical (unpaired) electrons. The lowest BCUT2D eigenvalue weighted by atomic mass is 9.99. The van der Waals surface area contributed by atoms with Crippen molar-refractivity contribution in [3.8, 4) is 5.69 Å². The molecule has 0 spiro atoms. The molecule has 2 rings (SSSR count). The molecule has 1 aromatic carbocycles. The van der Waals surface area contributed by atoms with E-state index in [0.29, 0.717) is 23.6 Å². The number of hydrogen-bond donors (Lipinski definition) is 3. The highest BCUT2D eigenvalue weighted by atomic mass is 19.1. The molecule has 0 fully saturated rings. The molecule has 0 aliphatic rings. The van der Waals surface area contributed by atoms with Gasteiger partial charge in [0.2, 0.25) is 5.91 Å². The third-order valence-corrected chi connectivity index (χ3v) is 4.13. The number of aromatic nitrogens is 2. The summed E-state index contributed by atoms with van der Waals surface area (Å²) in [5.74, 6) is -1.41. The number of hydrogen-bond acceptors (Lipinski definition) is 4. The van der Waals surface area contributed by atoms with E-state index in [2.05, 4.69) is 15.7 Å². The van der Waals surface area contributed by atoms with Crippen LogP contribution in [0.2, 0.25) is 0 Å². The zero-order valence-electron chi connectivity index (χ0n) is 15.0. The number of rotatable bonds is 8. The maximum absolute atomic E-state index is 13.1. The van der Waals surface area contributed by atoms with Gasteiger partial charge in [-0.25, -0.2) is 9.07 Å². The summed E-state index contributed by atoms with van der Waals surface area (Å²) >= 11 is 0. The van der Waals surface area contributed by atoms with Crippen LogP contribution in [0.3, 0.4) is 0 Å². The topological polar surface area (TPSA) is 96.3 Å². The first-order valence-electron chi connectivity index (χ1n) is 8.40. The number of anilines is 1. The largest absolute Gasteiger partial charge is 0.480 e.